The SMILES string of the molecule is Cc1cc(Cl)c(N)cc1S(=O)(=O)NCc1cnn(C)c1C. The number of nitrogens with zero attached hydrogens (tertiary/aromatic N) is 2. The summed E-state index contributed by atoms with van der Waals surface area (Å²) in [4.78, 5) is 0.131. The third-order valence-electron chi connectivity index (χ3n) is 3.37. The molecule has 6 nitrogen and oxygen atoms in total. The van der Waals surface area contributed by atoms with Crippen molar-refractivity contribution < 1.29 is 8.42 Å². The normalized spacial score (nSPS) is 11.8. The summed E-state index contributed by atoms with van der Waals surface area (Å²) in [5.74, 6) is 0. The van der Waals surface area contributed by atoms with Gasteiger partial charge in [-0.05, 0) is 31.5 Å². The molecular weight excluding hydrogens is 312 g/mol. The van der Waals surface area contributed by atoms with E-state index in [1.54, 1.807) is 30.9 Å². The van der Waals surface area contributed by atoms with Gasteiger partial charge in [-0.2, -0.15) is 5.10 Å². The van der Waals surface area contributed by atoms with Crippen molar-refractivity contribution in [1.29, 1.82) is 0 Å². The molecule has 0 fully saturated rings. The van der Waals surface area contributed by atoms with Gasteiger partial charge in [0.25, 0.3) is 0 Å². The van der Waals surface area contributed by atoms with Gasteiger partial charge < -0.3 is 5.73 Å². The van der Waals surface area contributed by atoms with E-state index in [1.165, 1.54) is 6.07 Å². The highest BCUT2D eigenvalue weighted by Gasteiger charge is 2.19. The van der Waals surface area contributed by atoms with Gasteiger partial charge in [-0.25, -0.2) is 13.1 Å². The second kappa shape index (κ2) is 5.67. The molecule has 114 valence electrons. The minimum Gasteiger partial charge on any atom is -0.397 e. The third kappa shape index (κ3) is 3.20. The first-order valence-electron chi connectivity index (χ1n) is 6.25. The zero-order valence-corrected chi connectivity index (χ0v) is 13.6. The van der Waals surface area contributed by atoms with Gasteiger partial charge in [-0.3, -0.25) is 4.68 Å². The Morgan fingerprint density at radius 3 is 2.62 bits per heavy atom. The Kier molecular flexibility index (Phi) is 4.27. The van der Waals surface area contributed by atoms with E-state index in [1.807, 2.05) is 6.92 Å². The largest absolute Gasteiger partial charge is 0.397 e. The van der Waals surface area contributed by atoms with Crippen LogP contribution in [0.25, 0.3) is 0 Å². The van der Waals surface area contributed by atoms with Crippen LogP contribution in [0.4, 0.5) is 5.69 Å². The van der Waals surface area contributed by atoms with Crippen LogP contribution in [0, 0.1) is 13.8 Å². The maximum Gasteiger partial charge on any atom is 0.241 e. The van der Waals surface area contributed by atoms with Crippen LogP contribution in [0.15, 0.2) is 23.2 Å². The van der Waals surface area contributed by atoms with Crippen molar-refractivity contribution in [2.45, 2.75) is 25.3 Å². The van der Waals surface area contributed by atoms with Gasteiger partial charge >= 0.3 is 0 Å². The molecule has 0 aliphatic heterocycles. The molecule has 8 heteroatoms. The maximum absolute atomic E-state index is 12.4. The van der Waals surface area contributed by atoms with Crippen LogP contribution in [0.5, 0.6) is 0 Å². The lowest BCUT2D eigenvalue weighted by atomic mass is 10.2. The van der Waals surface area contributed by atoms with E-state index in [2.05, 4.69) is 9.82 Å². The average Bonchev–Trinajstić information content (AvgIpc) is 2.72. The first-order chi connectivity index (χ1) is 9.72. The summed E-state index contributed by atoms with van der Waals surface area (Å²) in [7, 11) is -1.86. The van der Waals surface area contributed by atoms with Crippen LogP contribution in [-0.2, 0) is 23.6 Å². The number of hydrogen-bond donors (Lipinski definition) is 2. The molecule has 3 N–H and O–H groups in total. The molecule has 21 heavy (non-hydrogen) atoms. The van der Waals surface area contributed by atoms with Gasteiger partial charge in [0.2, 0.25) is 10.0 Å². The Hall–Kier alpha value is -1.57. The second-order valence-corrected chi connectivity index (χ2v) is 6.99. The number of anilines is 1. The number of aryl methyl sites for hydroxylation is 2. The lowest BCUT2D eigenvalue weighted by molar-refractivity contribution is 0.580. The average molecular weight is 329 g/mol. The summed E-state index contributed by atoms with van der Waals surface area (Å²) in [5.41, 5.74) is 8.19. The zero-order chi connectivity index (χ0) is 15.8. The quantitative estimate of drug-likeness (QED) is 0.837. The predicted octanol–water partition coefficient (Wildman–Crippen LogP) is 1.75. The molecule has 0 bridgehead atoms. The summed E-state index contributed by atoms with van der Waals surface area (Å²) < 4.78 is 29.0. The van der Waals surface area contributed by atoms with Gasteiger partial charge in [0.15, 0.2) is 0 Å². The van der Waals surface area contributed by atoms with Crippen molar-refractivity contribution in [2.24, 2.45) is 7.05 Å². The van der Waals surface area contributed by atoms with Crippen molar-refractivity contribution in [3.05, 3.63) is 40.2 Å². The Morgan fingerprint density at radius 2 is 2.05 bits per heavy atom. The Bertz CT molecular complexity index is 784. The molecule has 0 saturated carbocycles. The van der Waals surface area contributed by atoms with E-state index in [0.29, 0.717) is 10.6 Å². The Labute approximate surface area is 129 Å². The fraction of sp³-hybridized carbons (Fsp3) is 0.308. The second-order valence-electron chi connectivity index (χ2n) is 4.84. The van der Waals surface area contributed by atoms with Crippen molar-refractivity contribution >= 4 is 27.3 Å². The van der Waals surface area contributed by atoms with Crippen molar-refractivity contribution in [3.8, 4) is 0 Å². The lowest BCUT2D eigenvalue weighted by Crippen LogP contribution is -2.24. The van der Waals surface area contributed by atoms with Crippen molar-refractivity contribution in [2.75, 3.05) is 5.73 Å². The number of benzene rings is 1. The van der Waals surface area contributed by atoms with Gasteiger partial charge in [0.1, 0.15) is 0 Å². The summed E-state index contributed by atoms with van der Waals surface area (Å²) in [6.45, 7) is 3.72. The molecule has 0 amide bonds. The first kappa shape index (κ1) is 15.8. The van der Waals surface area contributed by atoms with E-state index >= 15 is 0 Å². The molecule has 0 saturated heterocycles. The number of halogens is 1. The highest BCUT2D eigenvalue weighted by Crippen LogP contribution is 2.26. The number of nitrogens with two attached hydrogens (primary N) is 1. The fourth-order valence-corrected chi connectivity index (χ4v) is 3.41. The molecular formula is C13H17ClN4O2S. The zero-order valence-electron chi connectivity index (χ0n) is 12.0. The minimum atomic E-state index is -3.66. The van der Waals surface area contributed by atoms with E-state index in [4.69, 9.17) is 17.3 Å². The molecule has 0 spiro atoms. The van der Waals surface area contributed by atoms with Crippen molar-refractivity contribution in [1.82, 2.24) is 14.5 Å². The van der Waals surface area contributed by atoms with Crippen molar-refractivity contribution in [3.63, 3.8) is 0 Å². The number of nitrogens with one attached hydrogen (secondary N) is 1. The molecule has 0 aliphatic rings. The van der Waals surface area contributed by atoms with Gasteiger partial charge in [-0.15, -0.1) is 0 Å². The summed E-state index contributed by atoms with van der Waals surface area (Å²) in [5, 5.41) is 4.42. The van der Waals surface area contributed by atoms with Gasteiger partial charge in [-0.1, -0.05) is 11.6 Å². The molecule has 0 radical (unpaired) electrons. The van der Waals surface area contributed by atoms with Gasteiger partial charge in [0.05, 0.1) is 21.8 Å². The minimum absolute atomic E-state index is 0.131. The molecule has 1 aromatic heterocycles. The van der Waals surface area contributed by atoms with E-state index in [-0.39, 0.29) is 17.1 Å². The molecule has 0 atom stereocenters. The number of sulfonamides is 1. The van der Waals surface area contributed by atoms with Crippen LogP contribution in [0.1, 0.15) is 16.8 Å². The first-order valence-corrected chi connectivity index (χ1v) is 8.11. The predicted molar refractivity (Wildman–Crippen MR) is 82.6 cm³/mol. The maximum atomic E-state index is 12.4. The van der Waals surface area contributed by atoms with Crippen LogP contribution >= 0.6 is 11.6 Å². The number of nitrogen functional groups attached to an aromatic ring is 1. The Balaban J connectivity index is 2.27. The highest BCUT2D eigenvalue weighted by molar-refractivity contribution is 7.89. The molecule has 1 aromatic carbocycles. The summed E-state index contributed by atoms with van der Waals surface area (Å²) >= 11 is 5.88. The van der Waals surface area contributed by atoms with Crippen LogP contribution in [0.3, 0.4) is 0 Å². The van der Waals surface area contributed by atoms with Gasteiger partial charge in [0, 0.05) is 24.8 Å². The smallest absolute Gasteiger partial charge is 0.241 e. The monoisotopic (exact) mass is 328 g/mol. The Morgan fingerprint density at radius 1 is 1.38 bits per heavy atom. The molecule has 0 unspecified atom stereocenters. The number of aromatic nitrogens is 2. The summed E-state index contributed by atoms with van der Waals surface area (Å²) in [6, 6.07) is 2.91. The topological polar surface area (TPSA) is 90.0 Å². The highest BCUT2D eigenvalue weighted by atomic mass is 35.5. The third-order valence-corrected chi connectivity index (χ3v) is 5.24. The summed E-state index contributed by atoms with van der Waals surface area (Å²) in [6.07, 6.45) is 1.64. The molecule has 2 aromatic rings. The number of rotatable bonds is 4. The van der Waals surface area contributed by atoms with E-state index in [0.717, 1.165) is 11.3 Å². The van der Waals surface area contributed by atoms with E-state index in [9.17, 15) is 8.42 Å². The number of hydrogen-bond acceptors (Lipinski definition) is 4. The van der Waals surface area contributed by atoms with E-state index < -0.39 is 10.0 Å². The molecule has 2 rings (SSSR count). The molecule has 1 heterocycles. The van der Waals surface area contributed by atoms with Crippen LogP contribution < -0.4 is 10.5 Å². The lowest BCUT2D eigenvalue weighted by Gasteiger charge is -2.11. The standard InChI is InChI=1S/C13H17ClN4O2S/c1-8-4-11(14)12(15)5-13(8)21(19,20)17-7-10-6-16-18(3)9(10)2/h4-6,17H,7,15H2,1-3H3. The molecule has 0 aliphatic carbocycles. The van der Waals surface area contributed by atoms with Crippen LogP contribution in [-0.4, -0.2) is 18.2 Å². The van der Waals surface area contributed by atoms with Crippen LogP contribution in [0.2, 0.25) is 5.02 Å². The fourth-order valence-electron chi connectivity index (χ4n) is 1.93.